The molecule has 0 fully saturated rings. The molecular weight excluding hydrogens is 336 g/mol. The molecule has 0 bridgehead atoms. The van der Waals surface area contributed by atoms with Crippen molar-refractivity contribution in [1.82, 2.24) is 4.98 Å². The summed E-state index contributed by atoms with van der Waals surface area (Å²) in [6.07, 6.45) is 16.7. The molecule has 0 spiro atoms. The summed E-state index contributed by atoms with van der Waals surface area (Å²) in [5, 5.41) is 1.20. The summed E-state index contributed by atoms with van der Waals surface area (Å²) < 4.78 is 0. The summed E-state index contributed by atoms with van der Waals surface area (Å²) in [6, 6.07) is 8.43. The molecule has 2 aromatic rings. The number of unbranched alkanes of at least 4 members (excludes halogenated alkanes) is 9. The lowest BCUT2D eigenvalue weighted by atomic mass is 10.1. The Bertz CT molecular complexity index is 723. The standard InChI is InChI=1S/C23H32N2S/c1-2-3-4-5-6-7-8-9-10-13-17-24-22-19-14-11-12-15-20(19)25-21-16-18-26-23(21)22/h11-12,14-15,17H,2-10,13,16,18H2,1H3/b24-17-. The van der Waals surface area contributed by atoms with E-state index in [1.54, 1.807) is 0 Å². The van der Waals surface area contributed by atoms with Crippen LogP contribution >= 0.6 is 11.8 Å². The Labute approximate surface area is 162 Å². The Balaban J connectivity index is 1.46. The van der Waals surface area contributed by atoms with Crippen LogP contribution in [-0.2, 0) is 6.42 Å². The number of rotatable bonds is 11. The SMILES string of the molecule is CCCCCCCCCCC/C=N\c1c2c(nc3ccccc13)CCS2. The zero-order valence-electron chi connectivity index (χ0n) is 16.2. The van der Waals surface area contributed by atoms with Gasteiger partial charge in [0.2, 0.25) is 0 Å². The Hall–Kier alpha value is -1.35. The fraction of sp³-hybridized carbons (Fsp3) is 0.565. The Morgan fingerprint density at radius 1 is 1.00 bits per heavy atom. The van der Waals surface area contributed by atoms with Gasteiger partial charge in [0.05, 0.1) is 21.8 Å². The van der Waals surface area contributed by atoms with Crippen molar-refractivity contribution in [2.45, 2.75) is 82.4 Å². The summed E-state index contributed by atoms with van der Waals surface area (Å²) in [7, 11) is 0. The largest absolute Gasteiger partial charge is 0.259 e. The van der Waals surface area contributed by atoms with E-state index in [4.69, 9.17) is 9.98 Å². The predicted molar refractivity (Wildman–Crippen MR) is 116 cm³/mol. The van der Waals surface area contributed by atoms with Crippen LogP contribution in [0.4, 0.5) is 5.69 Å². The molecule has 1 aromatic carbocycles. The van der Waals surface area contributed by atoms with Gasteiger partial charge >= 0.3 is 0 Å². The number of nitrogens with zero attached hydrogens (tertiary/aromatic N) is 2. The second-order valence-corrected chi connectivity index (χ2v) is 8.39. The smallest absolute Gasteiger partial charge is 0.0873 e. The number of thioether (sulfide) groups is 1. The van der Waals surface area contributed by atoms with E-state index >= 15 is 0 Å². The molecule has 0 amide bonds. The second-order valence-electron chi connectivity index (χ2n) is 7.28. The first-order chi connectivity index (χ1) is 12.9. The fourth-order valence-corrected chi connectivity index (χ4v) is 4.74. The topological polar surface area (TPSA) is 25.2 Å². The normalized spacial score (nSPS) is 13.7. The fourth-order valence-electron chi connectivity index (χ4n) is 3.63. The van der Waals surface area contributed by atoms with Gasteiger partial charge in [0.15, 0.2) is 0 Å². The number of aromatic nitrogens is 1. The van der Waals surface area contributed by atoms with Crippen molar-refractivity contribution in [3.05, 3.63) is 30.0 Å². The minimum absolute atomic E-state index is 1.08. The number of hydrogen-bond acceptors (Lipinski definition) is 3. The highest BCUT2D eigenvalue weighted by molar-refractivity contribution is 7.99. The maximum Gasteiger partial charge on any atom is 0.0873 e. The molecule has 3 rings (SSSR count). The number of fused-ring (bicyclic) bond motifs is 2. The van der Waals surface area contributed by atoms with Crippen molar-refractivity contribution in [1.29, 1.82) is 0 Å². The first-order valence-electron chi connectivity index (χ1n) is 10.5. The molecule has 140 valence electrons. The summed E-state index contributed by atoms with van der Waals surface area (Å²) >= 11 is 1.92. The van der Waals surface area contributed by atoms with Crippen molar-refractivity contribution in [2.24, 2.45) is 4.99 Å². The van der Waals surface area contributed by atoms with Gasteiger partial charge in [-0.15, -0.1) is 11.8 Å². The Morgan fingerprint density at radius 2 is 1.73 bits per heavy atom. The molecule has 3 heteroatoms. The van der Waals surface area contributed by atoms with E-state index in [9.17, 15) is 0 Å². The number of aryl methyl sites for hydroxylation is 1. The summed E-state index contributed by atoms with van der Waals surface area (Å²) in [5.74, 6) is 1.14. The van der Waals surface area contributed by atoms with Gasteiger partial charge in [0.1, 0.15) is 0 Å². The van der Waals surface area contributed by atoms with Gasteiger partial charge in [0.25, 0.3) is 0 Å². The molecular formula is C23H32N2S. The molecule has 0 atom stereocenters. The molecule has 0 radical (unpaired) electrons. The monoisotopic (exact) mass is 368 g/mol. The highest BCUT2D eigenvalue weighted by Gasteiger charge is 2.19. The third-order valence-corrected chi connectivity index (χ3v) is 6.26. The van der Waals surface area contributed by atoms with Gasteiger partial charge in [-0.05, 0) is 18.9 Å². The maximum atomic E-state index is 4.89. The van der Waals surface area contributed by atoms with E-state index in [0.29, 0.717) is 0 Å². The van der Waals surface area contributed by atoms with Crippen LogP contribution in [-0.4, -0.2) is 17.0 Å². The van der Waals surface area contributed by atoms with E-state index in [2.05, 4.69) is 37.4 Å². The Morgan fingerprint density at radius 3 is 2.54 bits per heavy atom. The molecule has 0 N–H and O–H groups in total. The number of para-hydroxylation sites is 1. The van der Waals surface area contributed by atoms with Gasteiger partial charge in [-0.3, -0.25) is 9.98 Å². The first-order valence-corrected chi connectivity index (χ1v) is 11.5. The van der Waals surface area contributed by atoms with Gasteiger partial charge in [-0.1, -0.05) is 76.5 Å². The lowest BCUT2D eigenvalue weighted by Crippen LogP contribution is -1.90. The number of benzene rings is 1. The van der Waals surface area contributed by atoms with Gasteiger partial charge in [-0.25, -0.2) is 0 Å². The van der Waals surface area contributed by atoms with Crippen LogP contribution in [0.1, 0.15) is 76.8 Å². The average molecular weight is 369 g/mol. The van der Waals surface area contributed by atoms with Crippen LogP contribution in [0.2, 0.25) is 0 Å². The minimum Gasteiger partial charge on any atom is -0.259 e. The number of pyridine rings is 1. The third kappa shape index (κ3) is 5.33. The molecule has 1 aliphatic rings. The van der Waals surface area contributed by atoms with Crippen molar-refractivity contribution in [3.63, 3.8) is 0 Å². The van der Waals surface area contributed by atoms with E-state index < -0.39 is 0 Å². The molecule has 0 saturated heterocycles. The molecule has 2 nitrogen and oxygen atoms in total. The van der Waals surface area contributed by atoms with Gasteiger partial charge in [-0.2, -0.15) is 0 Å². The summed E-state index contributed by atoms with van der Waals surface area (Å²) in [4.78, 5) is 11.0. The average Bonchev–Trinajstić information content (AvgIpc) is 3.13. The molecule has 0 aliphatic carbocycles. The molecule has 0 saturated carbocycles. The molecule has 0 unspecified atom stereocenters. The highest BCUT2D eigenvalue weighted by Crippen LogP contribution is 2.42. The molecule has 1 aliphatic heterocycles. The zero-order valence-corrected chi connectivity index (χ0v) is 17.0. The van der Waals surface area contributed by atoms with Crippen LogP contribution in [0.15, 0.2) is 34.2 Å². The molecule has 2 heterocycles. The van der Waals surface area contributed by atoms with Gasteiger partial charge in [0, 0.05) is 23.8 Å². The predicted octanol–water partition coefficient (Wildman–Crippen LogP) is 7.51. The van der Waals surface area contributed by atoms with Crippen molar-refractivity contribution >= 4 is 34.6 Å². The van der Waals surface area contributed by atoms with E-state index in [1.165, 1.54) is 73.8 Å². The van der Waals surface area contributed by atoms with Crippen LogP contribution in [0, 0.1) is 0 Å². The van der Waals surface area contributed by atoms with Crippen LogP contribution in [0.25, 0.3) is 10.9 Å². The van der Waals surface area contributed by atoms with Crippen molar-refractivity contribution in [2.75, 3.05) is 5.75 Å². The zero-order chi connectivity index (χ0) is 18.0. The number of aliphatic imine (C=N–C) groups is 1. The van der Waals surface area contributed by atoms with E-state index in [0.717, 1.165) is 29.8 Å². The lowest BCUT2D eigenvalue weighted by Gasteiger charge is -2.07. The Kier molecular flexibility index (Phi) is 8.00. The quantitative estimate of drug-likeness (QED) is 0.303. The minimum atomic E-state index is 1.08. The molecule has 1 aromatic heterocycles. The first kappa shape index (κ1) is 19.4. The van der Waals surface area contributed by atoms with Crippen LogP contribution in [0.5, 0.6) is 0 Å². The van der Waals surface area contributed by atoms with Crippen LogP contribution < -0.4 is 0 Å². The summed E-state index contributed by atoms with van der Waals surface area (Å²) in [6.45, 7) is 2.28. The highest BCUT2D eigenvalue weighted by atomic mass is 32.2. The molecule has 26 heavy (non-hydrogen) atoms. The van der Waals surface area contributed by atoms with E-state index in [1.807, 2.05) is 11.8 Å². The second kappa shape index (κ2) is 10.7. The lowest BCUT2D eigenvalue weighted by molar-refractivity contribution is 0.569. The third-order valence-electron chi connectivity index (χ3n) is 5.13. The van der Waals surface area contributed by atoms with Crippen molar-refractivity contribution in [3.8, 4) is 0 Å². The maximum absolute atomic E-state index is 4.89. The van der Waals surface area contributed by atoms with Gasteiger partial charge < -0.3 is 0 Å². The number of hydrogen-bond donors (Lipinski definition) is 0. The van der Waals surface area contributed by atoms with E-state index in [-0.39, 0.29) is 0 Å². The van der Waals surface area contributed by atoms with Crippen LogP contribution in [0.3, 0.4) is 0 Å². The summed E-state index contributed by atoms with van der Waals surface area (Å²) in [5.41, 5.74) is 3.48. The van der Waals surface area contributed by atoms with Crippen molar-refractivity contribution < 1.29 is 0 Å².